The van der Waals surface area contributed by atoms with Gasteiger partial charge in [0.15, 0.2) is 0 Å². The van der Waals surface area contributed by atoms with Crippen LogP contribution in [0.3, 0.4) is 0 Å². The van der Waals surface area contributed by atoms with Gasteiger partial charge in [0.1, 0.15) is 0 Å². The minimum atomic E-state index is 0.640. The minimum absolute atomic E-state index is 0.640. The number of nitrogens with one attached hydrogen (secondary N) is 1. The second-order valence-electron chi connectivity index (χ2n) is 4.88. The van der Waals surface area contributed by atoms with Gasteiger partial charge in [0.25, 0.3) is 0 Å². The van der Waals surface area contributed by atoms with E-state index in [2.05, 4.69) is 56.1 Å². The first-order valence-corrected chi connectivity index (χ1v) is 7.02. The van der Waals surface area contributed by atoms with Gasteiger partial charge in [0, 0.05) is 22.4 Å². The van der Waals surface area contributed by atoms with Gasteiger partial charge in [-0.3, -0.25) is 0 Å². The maximum atomic E-state index is 4.57. The molecule has 0 aliphatic heterocycles. The molecule has 0 radical (unpaired) electrons. The van der Waals surface area contributed by atoms with Crippen molar-refractivity contribution in [2.24, 2.45) is 0 Å². The molecular weight excluding hydrogens is 290 g/mol. The van der Waals surface area contributed by atoms with Crippen LogP contribution in [0.25, 0.3) is 0 Å². The molecule has 0 saturated heterocycles. The van der Waals surface area contributed by atoms with Crippen molar-refractivity contribution in [2.75, 3.05) is 5.32 Å². The molecule has 0 unspecified atom stereocenters. The summed E-state index contributed by atoms with van der Waals surface area (Å²) >= 11 is 3.56. The zero-order valence-electron chi connectivity index (χ0n) is 10.6. The lowest BCUT2D eigenvalue weighted by atomic mass is 10.2. The lowest BCUT2D eigenvalue weighted by molar-refractivity contribution is 0.750. The third-order valence-corrected chi connectivity index (χ3v) is 4.17. The number of aryl methyl sites for hydroxylation is 1. The molecule has 0 spiro atoms. The van der Waals surface area contributed by atoms with Crippen LogP contribution in [0.4, 0.5) is 11.6 Å². The van der Waals surface area contributed by atoms with Gasteiger partial charge in [-0.25, -0.2) is 4.98 Å². The zero-order chi connectivity index (χ0) is 12.7. The molecule has 0 bridgehead atoms. The third-order valence-electron chi connectivity index (χ3n) is 3.31. The van der Waals surface area contributed by atoms with E-state index in [9.17, 15) is 0 Å². The molecule has 4 heteroatoms. The van der Waals surface area contributed by atoms with Crippen LogP contribution in [0.2, 0.25) is 0 Å². The number of hydrogen-bond donors (Lipinski definition) is 1. The SMILES string of the molecule is Cc1cn(C2CC2)c(Nc2cccc(Br)c2C)n1. The van der Waals surface area contributed by atoms with E-state index < -0.39 is 0 Å². The first kappa shape index (κ1) is 11.8. The van der Waals surface area contributed by atoms with Crippen LogP contribution in [0.1, 0.15) is 30.1 Å². The van der Waals surface area contributed by atoms with Crippen molar-refractivity contribution in [3.05, 3.63) is 40.1 Å². The van der Waals surface area contributed by atoms with Crippen LogP contribution in [0.15, 0.2) is 28.9 Å². The highest BCUT2D eigenvalue weighted by Gasteiger charge is 2.26. The Labute approximate surface area is 115 Å². The molecule has 3 nitrogen and oxygen atoms in total. The predicted molar refractivity (Wildman–Crippen MR) is 77.4 cm³/mol. The van der Waals surface area contributed by atoms with Gasteiger partial charge in [-0.1, -0.05) is 22.0 Å². The molecule has 1 aliphatic carbocycles. The van der Waals surface area contributed by atoms with E-state index in [1.54, 1.807) is 0 Å². The number of hydrogen-bond acceptors (Lipinski definition) is 2. The second kappa shape index (κ2) is 4.43. The molecule has 1 aliphatic rings. The molecule has 3 rings (SSSR count). The van der Waals surface area contributed by atoms with Gasteiger partial charge < -0.3 is 9.88 Å². The Hall–Kier alpha value is -1.29. The Morgan fingerprint density at radius 1 is 1.33 bits per heavy atom. The molecule has 1 heterocycles. The summed E-state index contributed by atoms with van der Waals surface area (Å²) in [6.45, 7) is 4.14. The normalized spacial score (nSPS) is 14.8. The molecule has 1 N–H and O–H groups in total. The molecule has 0 amide bonds. The summed E-state index contributed by atoms with van der Waals surface area (Å²) in [5.74, 6) is 0.955. The van der Waals surface area contributed by atoms with E-state index in [0.717, 1.165) is 21.8 Å². The van der Waals surface area contributed by atoms with Crippen molar-refractivity contribution in [3.8, 4) is 0 Å². The zero-order valence-corrected chi connectivity index (χ0v) is 12.2. The summed E-state index contributed by atoms with van der Waals surface area (Å²) in [5.41, 5.74) is 3.38. The number of rotatable bonds is 3. The van der Waals surface area contributed by atoms with E-state index in [1.807, 2.05) is 13.0 Å². The Bertz CT molecular complexity index is 585. The lowest BCUT2D eigenvalue weighted by Gasteiger charge is -2.11. The van der Waals surface area contributed by atoms with Gasteiger partial charge in [-0.15, -0.1) is 0 Å². The fraction of sp³-hybridized carbons (Fsp3) is 0.357. The molecule has 1 saturated carbocycles. The highest BCUT2D eigenvalue weighted by atomic mass is 79.9. The summed E-state index contributed by atoms with van der Waals surface area (Å²) in [5, 5.41) is 3.45. The van der Waals surface area contributed by atoms with E-state index >= 15 is 0 Å². The second-order valence-corrected chi connectivity index (χ2v) is 5.74. The van der Waals surface area contributed by atoms with E-state index in [4.69, 9.17) is 0 Å². The Kier molecular flexibility index (Phi) is 2.90. The summed E-state index contributed by atoms with van der Waals surface area (Å²) in [6.07, 6.45) is 4.66. The fourth-order valence-corrected chi connectivity index (χ4v) is 2.47. The molecule has 18 heavy (non-hydrogen) atoms. The molecule has 1 aromatic heterocycles. The quantitative estimate of drug-likeness (QED) is 0.914. The van der Waals surface area contributed by atoms with E-state index in [1.165, 1.54) is 18.4 Å². The topological polar surface area (TPSA) is 29.9 Å². The number of anilines is 2. The Balaban J connectivity index is 1.94. The van der Waals surface area contributed by atoms with Crippen molar-refractivity contribution in [1.82, 2.24) is 9.55 Å². The summed E-state index contributed by atoms with van der Waals surface area (Å²) in [6, 6.07) is 6.82. The lowest BCUT2D eigenvalue weighted by Crippen LogP contribution is -2.02. The van der Waals surface area contributed by atoms with Gasteiger partial charge in [0.2, 0.25) is 5.95 Å². The van der Waals surface area contributed by atoms with Crippen LogP contribution in [-0.2, 0) is 0 Å². The van der Waals surface area contributed by atoms with Crippen molar-refractivity contribution >= 4 is 27.6 Å². The monoisotopic (exact) mass is 305 g/mol. The number of imidazole rings is 1. The van der Waals surface area contributed by atoms with Crippen LogP contribution >= 0.6 is 15.9 Å². The first-order chi connectivity index (χ1) is 8.65. The maximum Gasteiger partial charge on any atom is 0.207 e. The highest BCUT2D eigenvalue weighted by Crippen LogP contribution is 2.38. The summed E-state index contributed by atoms with van der Waals surface area (Å²) in [4.78, 5) is 4.57. The van der Waals surface area contributed by atoms with Crippen molar-refractivity contribution < 1.29 is 0 Å². The summed E-state index contributed by atoms with van der Waals surface area (Å²) < 4.78 is 3.38. The van der Waals surface area contributed by atoms with Crippen LogP contribution in [0, 0.1) is 13.8 Å². The Morgan fingerprint density at radius 2 is 2.11 bits per heavy atom. The predicted octanol–water partition coefficient (Wildman–Crippen LogP) is 4.34. The van der Waals surface area contributed by atoms with Crippen molar-refractivity contribution in [3.63, 3.8) is 0 Å². The third kappa shape index (κ3) is 2.17. The molecule has 94 valence electrons. The van der Waals surface area contributed by atoms with Crippen LogP contribution in [0.5, 0.6) is 0 Å². The number of nitrogens with zero attached hydrogens (tertiary/aromatic N) is 2. The Morgan fingerprint density at radius 3 is 2.83 bits per heavy atom. The maximum absolute atomic E-state index is 4.57. The fourth-order valence-electron chi connectivity index (χ4n) is 2.10. The van der Waals surface area contributed by atoms with Gasteiger partial charge in [-0.05, 0) is 44.4 Å². The molecule has 0 atom stereocenters. The largest absolute Gasteiger partial charge is 0.325 e. The van der Waals surface area contributed by atoms with E-state index in [0.29, 0.717) is 6.04 Å². The minimum Gasteiger partial charge on any atom is -0.325 e. The molecule has 2 aromatic rings. The average Bonchev–Trinajstić information content (AvgIpc) is 3.10. The van der Waals surface area contributed by atoms with E-state index in [-0.39, 0.29) is 0 Å². The highest BCUT2D eigenvalue weighted by molar-refractivity contribution is 9.10. The van der Waals surface area contributed by atoms with Gasteiger partial charge in [-0.2, -0.15) is 0 Å². The average molecular weight is 306 g/mol. The smallest absolute Gasteiger partial charge is 0.207 e. The first-order valence-electron chi connectivity index (χ1n) is 6.23. The summed E-state index contributed by atoms with van der Waals surface area (Å²) in [7, 11) is 0. The standard InChI is InChI=1S/C14H16BrN3/c1-9-8-18(11-6-7-11)14(16-9)17-13-5-3-4-12(15)10(13)2/h3-5,8,11H,6-7H2,1-2H3,(H,16,17). The number of benzene rings is 1. The van der Waals surface area contributed by atoms with Gasteiger partial charge in [0.05, 0.1) is 5.69 Å². The molecule has 1 aromatic carbocycles. The molecule has 1 fully saturated rings. The van der Waals surface area contributed by atoms with Crippen LogP contribution in [-0.4, -0.2) is 9.55 Å². The van der Waals surface area contributed by atoms with Crippen molar-refractivity contribution in [2.45, 2.75) is 32.7 Å². The van der Waals surface area contributed by atoms with Gasteiger partial charge >= 0.3 is 0 Å². The molecular formula is C14H16BrN3. The number of aromatic nitrogens is 2. The number of halogens is 1. The van der Waals surface area contributed by atoms with Crippen LogP contribution < -0.4 is 5.32 Å². The van der Waals surface area contributed by atoms with Crippen molar-refractivity contribution in [1.29, 1.82) is 0 Å².